The van der Waals surface area contributed by atoms with Crippen LogP contribution in [-0.2, 0) is 4.74 Å². The third-order valence-electron chi connectivity index (χ3n) is 3.94. The molecular formula is C16H26N2O2S. The zero-order valence-corrected chi connectivity index (χ0v) is 14.0. The quantitative estimate of drug-likeness (QED) is 0.779. The van der Waals surface area contributed by atoms with Gasteiger partial charge < -0.3 is 14.8 Å². The Morgan fingerprint density at radius 2 is 2.19 bits per heavy atom. The second-order valence-corrected chi connectivity index (χ2v) is 6.42. The molecule has 0 spiro atoms. The first-order valence-electron chi connectivity index (χ1n) is 7.43. The largest absolute Gasteiger partial charge is 0.491 e. The van der Waals surface area contributed by atoms with Crippen molar-refractivity contribution in [1.29, 1.82) is 0 Å². The maximum Gasteiger partial charge on any atom is 0.124 e. The van der Waals surface area contributed by atoms with Crippen LogP contribution in [-0.4, -0.2) is 63.4 Å². The summed E-state index contributed by atoms with van der Waals surface area (Å²) in [6, 6.07) is 9.08. The average molecular weight is 310 g/mol. The van der Waals surface area contributed by atoms with E-state index < -0.39 is 0 Å². The number of nitrogens with zero attached hydrogens (tertiary/aromatic N) is 1. The highest BCUT2D eigenvalue weighted by molar-refractivity contribution is 7.99. The molecule has 1 saturated heterocycles. The number of ether oxygens (including phenoxy) is 2. The van der Waals surface area contributed by atoms with Gasteiger partial charge in [0.1, 0.15) is 12.4 Å². The highest BCUT2D eigenvalue weighted by Gasteiger charge is 2.29. The van der Waals surface area contributed by atoms with E-state index in [2.05, 4.69) is 29.4 Å². The van der Waals surface area contributed by atoms with Gasteiger partial charge in [-0.3, -0.25) is 4.90 Å². The van der Waals surface area contributed by atoms with Crippen LogP contribution >= 0.6 is 11.8 Å². The highest BCUT2D eigenvalue weighted by atomic mass is 32.2. The molecular weight excluding hydrogens is 284 g/mol. The monoisotopic (exact) mass is 310 g/mol. The topological polar surface area (TPSA) is 33.7 Å². The van der Waals surface area contributed by atoms with Crippen molar-refractivity contribution in [3.8, 4) is 5.75 Å². The zero-order chi connectivity index (χ0) is 15.1. The Morgan fingerprint density at radius 1 is 1.38 bits per heavy atom. The molecule has 21 heavy (non-hydrogen) atoms. The van der Waals surface area contributed by atoms with Crippen molar-refractivity contribution in [3.05, 3.63) is 29.8 Å². The van der Waals surface area contributed by atoms with Gasteiger partial charge in [-0.05, 0) is 20.2 Å². The number of likely N-dealkylation sites (N-methyl/N-ethyl adjacent to an activating group) is 2. The number of rotatable bonds is 7. The van der Waals surface area contributed by atoms with E-state index in [4.69, 9.17) is 9.47 Å². The fourth-order valence-corrected chi connectivity index (χ4v) is 3.99. The number of hydrogen-bond donors (Lipinski definition) is 1. The minimum Gasteiger partial charge on any atom is -0.491 e. The SMILES string of the molecule is CNC(c1ccccc1OCCOC)C1CSCCN1C. The van der Waals surface area contributed by atoms with Crippen molar-refractivity contribution >= 4 is 11.8 Å². The highest BCUT2D eigenvalue weighted by Crippen LogP contribution is 2.32. The third-order valence-corrected chi connectivity index (χ3v) is 4.99. The molecule has 0 saturated carbocycles. The van der Waals surface area contributed by atoms with Crippen molar-refractivity contribution in [2.75, 3.05) is 52.5 Å². The lowest BCUT2D eigenvalue weighted by Gasteiger charge is -2.38. The van der Waals surface area contributed by atoms with Crippen LogP contribution in [0.15, 0.2) is 24.3 Å². The van der Waals surface area contributed by atoms with Crippen LogP contribution in [0.5, 0.6) is 5.75 Å². The molecule has 1 aliphatic rings. The summed E-state index contributed by atoms with van der Waals surface area (Å²) < 4.78 is 11.0. The number of methoxy groups -OCH3 is 1. The van der Waals surface area contributed by atoms with E-state index in [0.717, 1.165) is 18.0 Å². The molecule has 2 rings (SSSR count). The zero-order valence-electron chi connectivity index (χ0n) is 13.2. The van der Waals surface area contributed by atoms with E-state index in [1.165, 1.54) is 11.3 Å². The van der Waals surface area contributed by atoms with Gasteiger partial charge in [0.05, 0.1) is 12.6 Å². The van der Waals surface area contributed by atoms with Gasteiger partial charge in [0.15, 0.2) is 0 Å². The summed E-state index contributed by atoms with van der Waals surface area (Å²) in [5, 5.41) is 3.48. The number of para-hydroxylation sites is 1. The number of nitrogens with one attached hydrogen (secondary N) is 1. The second-order valence-electron chi connectivity index (χ2n) is 5.27. The fraction of sp³-hybridized carbons (Fsp3) is 0.625. The Kier molecular flexibility index (Phi) is 6.83. The molecule has 0 aliphatic carbocycles. The Bertz CT molecular complexity index is 430. The Balaban J connectivity index is 2.16. The van der Waals surface area contributed by atoms with Gasteiger partial charge in [-0.15, -0.1) is 0 Å². The van der Waals surface area contributed by atoms with Crippen LogP contribution in [0.1, 0.15) is 11.6 Å². The lowest BCUT2D eigenvalue weighted by atomic mass is 9.98. The van der Waals surface area contributed by atoms with Crippen molar-refractivity contribution in [3.63, 3.8) is 0 Å². The summed E-state index contributed by atoms with van der Waals surface area (Å²) in [5.74, 6) is 3.32. The summed E-state index contributed by atoms with van der Waals surface area (Å²) >= 11 is 2.03. The van der Waals surface area contributed by atoms with E-state index >= 15 is 0 Å². The van der Waals surface area contributed by atoms with Crippen LogP contribution in [0.4, 0.5) is 0 Å². The van der Waals surface area contributed by atoms with Crippen LogP contribution in [0.2, 0.25) is 0 Å². The maximum atomic E-state index is 5.90. The normalized spacial score (nSPS) is 21.2. The molecule has 2 atom stereocenters. The molecule has 118 valence electrons. The number of hydrogen-bond acceptors (Lipinski definition) is 5. The molecule has 0 radical (unpaired) electrons. The van der Waals surface area contributed by atoms with Gasteiger partial charge in [0.25, 0.3) is 0 Å². The third kappa shape index (κ3) is 4.36. The Morgan fingerprint density at radius 3 is 2.90 bits per heavy atom. The first-order chi connectivity index (χ1) is 10.3. The Hall–Kier alpha value is -0.750. The number of benzene rings is 1. The molecule has 5 heteroatoms. The standard InChI is InChI=1S/C16H26N2O2S/c1-17-16(14-12-21-11-8-18(14)2)13-6-4-5-7-15(13)20-10-9-19-3/h4-7,14,16-17H,8-12H2,1-3H3. The van der Waals surface area contributed by atoms with Gasteiger partial charge >= 0.3 is 0 Å². The van der Waals surface area contributed by atoms with E-state index in [1.807, 2.05) is 30.9 Å². The van der Waals surface area contributed by atoms with E-state index in [9.17, 15) is 0 Å². The lowest BCUT2D eigenvalue weighted by molar-refractivity contribution is 0.144. The van der Waals surface area contributed by atoms with Gasteiger partial charge in [-0.1, -0.05) is 18.2 Å². The van der Waals surface area contributed by atoms with Gasteiger partial charge in [0, 0.05) is 36.8 Å². The molecule has 2 unspecified atom stereocenters. The first-order valence-corrected chi connectivity index (χ1v) is 8.59. The molecule has 0 aromatic heterocycles. The molecule has 4 nitrogen and oxygen atoms in total. The predicted molar refractivity (Wildman–Crippen MR) is 89.4 cm³/mol. The molecule has 1 aliphatic heterocycles. The first kappa shape index (κ1) is 16.6. The molecule has 1 fully saturated rings. The summed E-state index contributed by atoms with van der Waals surface area (Å²) in [5.41, 5.74) is 1.23. The molecule has 1 aromatic rings. The maximum absolute atomic E-state index is 5.90. The Labute approximate surface area is 132 Å². The fourth-order valence-electron chi connectivity index (χ4n) is 2.72. The molecule has 0 bridgehead atoms. The van der Waals surface area contributed by atoms with Crippen molar-refractivity contribution < 1.29 is 9.47 Å². The van der Waals surface area contributed by atoms with Gasteiger partial charge in [-0.2, -0.15) is 11.8 Å². The minimum atomic E-state index is 0.279. The van der Waals surface area contributed by atoms with E-state index in [1.54, 1.807) is 7.11 Å². The van der Waals surface area contributed by atoms with Gasteiger partial charge in [0.2, 0.25) is 0 Å². The summed E-state index contributed by atoms with van der Waals surface area (Å²) in [6.45, 7) is 2.33. The van der Waals surface area contributed by atoms with Crippen LogP contribution in [0, 0.1) is 0 Å². The summed E-state index contributed by atoms with van der Waals surface area (Å²) in [6.07, 6.45) is 0. The molecule has 1 N–H and O–H groups in total. The number of thioether (sulfide) groups is 1. The molecule has 1 heterocycles. The van der Waals surface area contributed by atoms with E-state index in [-0.39, 0.29) is 6.04 Å². The lowest BCUT2D eigenvalue weighted by Crippen LogP contribution is -2.47. The minimum absolute atomic E-state index is 0.279. The van der Waals surface area contributed by atoms with Crippen LogP contribution in [0.25, 0.3) is 0 Å². The smallest absolute Gasteiger partial charge is 0.124 e. The van der Waals surface area contributed by atoms with Crippen molar-refractivity contribution in [2.45, 2.75) is 12.1 Å². The van der Waals surface area contributed by atoms with E-state index in [0.29, 0.717) is 19.3 Å². The van der Waals surface area contributed by atoms with Crippen LogP contribution in [0.3, 0.4) is 0 Å². The van der Waals surface area contributed by atoms with Crippen LogP contribution < -0.4 is 10.1 Å². The van der Waals surface area contributed by atoms with Gasteiger partial charge in [-0.25, -0.2) is 0 Å². The van der Waals surface area contributed by atoms with Crippen molar-refractivity contribution in [1.82, 2.24) is 10.2 Å². The molecule has 1 aromatic carbocycles. The molecule has 0 amide bonds. The van der Waals surface area contributed by atoms with Crippen molar-refractivity contribution in [2.24, 2.45) is 0 Å². The predicted octanol–water partition coefficient (Wildman–Crippen LogP) is 2.02. The second kappa shape index (κ2) is 8.63. The summed E-state index contributed by atoms with van der Waals surface area (Å²) in [4.78, 5) is 2.45. The summed E-state index contributed by atoms with van der Waals surface area (Å²) in [7, 11) is 5.94. The average Bonchev–Trinajstić information content (AvgIpc) is 2.51.